The fourth-order valence-electron chi connectivity index (χ4n) is 4.47. The van der Waals surface area contributed by atoms with Crippen molar-refractivity contribution in [2.24, 2.45) is 5.92 Å². The zero-order valence-electron chi connectivity index (χ0n) is 19.6. The van der Waals surface area contributed by atoms with Gasteiger partial charge in [-0.15, -0.1) is 0 Å². The molecule has 2 aromatic carbocycles. The normalized spacial score (nSPS) is 14.8. The van der Waals surface area contributed by atoms with Crippen molar-refractivity contribution in [1.29, 1.82) is 0 Å². The number of pyridine rings is 1. The minimum Gasteiger partial charge on any atom is -0.494 e. The van der Waals surface area contributed by atoms with Crippen molar-refractivity contribution in [1.82, 2.24) is 4.98 Å². The number of amides is 1. The van der Waals surface area contributed by atoms with Crippen molar-refractivity contribution in [3.63, 3.8) is 0 Å². The molecule has 1 amide bonds. The number of hydrogen-bond donors (Lipinski definition) is 0. The SMILES string of the molecule is CCCS(=O)(=O)N(C(=O)C1CCN(c2ccnc3ccc(F)cc23)CC1)c1ccc(OC)c(F)c1. The molecule has 0 N–H and O–H groups in total. The van der Waals surface area contributed by atoms with Gasteiger partial charge in [-0.05, 0) is 55.7 Å². The quantitative estimate of drug-likeness (QED) is 0.472. The molecule has 0 bridgehead atoms. The molecule has 0 aliphatic carbocycles. The highest BCUT2D eigenvalue weighted by molar-refractivity contribution is 7.93. The van der Waals surface area contributed by atoms with Crippen LogP contribution < -0.4 is 13.9 Å². The van der Waals surface area contributed by atoms with Gasteiger partial charge in [0.1, 0.15) is 5.82 Å². The van der Waals surface area contributed by atoms with Crippen LogP contribution in [0.15, 0.2) is 48.7 Å². The molecule has 1 fully saturated rings. The molecule has 2 heterocycles. The van der Waals surface area contributed by atoms with Gasteiger partial charge in [-0.25, -0.2) is 21.5 Å². The number of rotatable bonds is 7. The Hall–Kier alpha value is -3.27. The fraction of sp³-hybridized carbons (Fsp3) is 0.360. The predicted octanol–water partition coefficient (Wildman–Crippen LogP) is 4.51. The summed E-state index contributed by atoms with van der Waals surface area (Å²) in [6.07, 6.45) is 2.77. The Labute approximate surface area is 203 Å². The lowest BCUT2D eigenvalue weighted by Crippen LogP contribution is -2.46. The van der Waals surface area contributed by atoms with Gasteiger partial charge in [0, 0.05) is 42.3 Å². The first-order valence-electron chi connectivity index (χ1n) is 11.4. The van der Waals surface area contributed by atoms with Crippen molar-refractivity contribution in [3.05, 3.63) is 60.3 Å². The van der Waals surface area contributed by atoms with Crippen LogP contribution in [0.2, 0.25) is 0 Å². The summed E-state index contributed by atoms with van der Waals surface area (Å²) in [7, 11) is -2.69. The van der Waals surface area contributed by atoms with Crippen LogP contribution in [0.25, 0.3) is 10.9 Å². The summed E-state index contributed by atoms with van der Waals surface area (Å²) in [5, 5.41) is 0.679. The van der Waals surface area contributed by atoms with Gasteiger partial charge in [-0.1, -0.05) is 6.92 Å². The van der Waals surface area contributed by atoms with Gasteiger partial charge in [0.05, 0.1) is 24.1 Å². The smallest absolute Gasteiger partial charge is 0.243 e. The lowest BCUT2D eigenvalue weighted by atomic mass is 9.95. The third-order valence-corrected chi connectivity index (χ3v) is 8.05. The second-order valence-corrected chi connectivity index (χ2v) is 10.4. The molecule has 7 nitrogen and oxygen atoms in total. The van der Waals surface area contributed by atoms with Crippen molar-refractivity contribution < 1.29 is 26.7 Å². The average molecular weight is 504 g/mol. The largest absolute Gasteiger partial charge is 0.494 e. The number of methoxy groups -OCH3 is 1. The van der Waals surface area contributed by atoms with E-state index < -0.39 is 27.7 Å². The molecule has 0 spiro atoms. The zero-order valence-corrected chi connectivity index (χ0v) is 20.4. The van der Waals surface area contributed by atoms with E-state index in [1.165, 1.54) is 31.4 Å². The van der Waals surface area contributed by atoms with Gasteiger partial charge in [0.15, 0.2) is 11.6 Å². The van der Waals surface area contributed by atoms with Crippen molar-refractivity contribution >= 4 is 38.2 Å². The molecule has 3 aromatic rings. The summed E-state index contributed by atoms with van der Waals surface area (Å²) in [4.78, 5) is 19.8. The first-order chi connectivity index (χ1) is 16.7. The lowest BCUT2D eigenvalue weighted by molar-refractivity contribution is -0.121. The summed E-state index contributed by atoms with van der Waals surface area (Å²) < 4.78 is 60.0. The number of carbonyl (C=O) groups is 1. The highest BCUT2D eigenvalue weighted by Gasteiger charge is 2.36. The minimum atomic E-state index is -4.00. The zero-order chi connectivity index (χ0) is 25.2. The number of benzene rings is 2. The van der Waals surface area contributed by atoms with Crippen LogP contribution in [-0.4, -0.2) is 45.3 Å². The lowest BCUT2D eigenvalue weighted by Gasteiger charge is -2.35. The van der Waals surface area contributed by atoms with E-state index in [0.717, 1.165) is 16.1 Å². The van der Waals surface area contributed by atoms with Gasteiger partial charge < -0.3 is 9.64 Å². The second-order valence-electron chi connectivity index (χ2n) is 8.49. The van der Waals surface area contributed by atoms with Gasteiger partial charge in [0.2, 0.25) is 15.9 Å². The van der Waals surface area contributed by atoms with E-state index in [0.29, 0.717) is 43.3 Å². The summed E-state index contributed by atoms with van der Waals surface area (Å²) in [6, 6.07) is 9.92. The van der Waals surface area contributed by atoms with Crippen molar-refractivity contribution in [2.75, 3.05) is 35.2 Å². The van der Waals surface area contributed by atoms with Crippen LogP contribution >= 0.6 is 0 Å². The first-order valence-corrected chi connectivity index (χ1v) is 13.1. The summed E-state index contributed by atoms with van der Waals surface area (Å²) >= 11 is 0. The maximum atomic E-state index is 14.4. The van der Waals surface area contributed by atoms with E-state index in [4.69, 9.17) is 4.74 Å². The number of aromatic nitrogens is 1. The minimum absolute atomic E-state index is 0.0386. The van der Waals surface area contributed by atoms with Crippen LogP contribution in [0.3, 0.4) is 0 Å². The van der Waals surface area contributed by atoms with Crippen LogP contribution in [0.5, 0.6) is 5.75 Å². The molecule has 1 aliphatic heterocycles. The standard InChI is InChI=1S/C25H27F2N3O4S/c1-3-14-35(32,33)30(19-5-7-24(34-2)21(27)16-19)25(31)17-9-12-29(13-10-17)23-8-11-28-22-6-4-18(26)15-20(22)23/h4-8,11,15-17H,3,9-10,12-14H2,1-2H3. The van der Waals surface area contributed by atoms with Crippen LogP contribution in [0, 0.1) is 17.6 Å². The van der Waals surface area contributed by atoms with E-state index in [-0.39, 0.29) is 23.0 Å². The molecule has 1 saturated heterocycles. The number of carbonyl (C=O) groups excluding carboxylic acids is 1. The molecule has 0 radical (unpaired) electrons. The molecule has 0 saturated carbocycles. The molecule has 0 atom stereocenters. The maximum absolute atomic E-state index is 14.4. The molecule has 1 aliphatic rings. The summed E-state index contributed by atoms with van der Waals surface area (Å²) in [5.74, 6) is -2.52. The molecule has 1 aromatic heterocycles. The Balaban J connectivity index is 1.58. The second kappa shape index (κ2) is 10.2. The Kier molecular flexibility index (Phi) is 7.20. The molecule has 186 valence electrons. The Morgan fingerprint density at radius 1 is 1.14 bits per heavy atom. The van der Waals surface area contributed by atoms with Crippen LogP contribution in [-0.2, 0) is 14.8 Å². The van der Waals surface area contributed by atoms with Gasteiger partial charge in [0.25, 0.3) is 0 Å². The number of nitrogens with zero attached hydrogens (tertiary/aromatic N) is 3. The molecule has 35 heavy (non-hydrogen) atoms. The Bertz CT molecular complexity index is 1340. The Morgan fingerprint density at radius 3 is 2.54 bits per heavy atom. The van der Waals surface area contributed by atoms with Gasteiger partial charge in [-0.2, -0.15) is 0 Å². The van der Waals surface area contributed by atoms with E-state index in [9.17, 15) is 22.0 Å². The number of hydrogen-bond acceptors (Lipinski definition) is 6. The van der Waals surface area contributed by atoms with Crippen LogP contribution in [0.4, 0.5) is 20.2 Å². The summed E-state index contributed by atoms with van der Waals surface area (Å²) in [5.41, 5.74) is 1.44. The first kappa shape index (κ1) is 24.8. The number of ether oxygens (including phenoxy) is 1. The average Bonchev–Trinajstić information content (AvgIpc) is 2.83. The summed E-state index contributed by atoms with van der Waals surface area (Å²) in [6.45, 7) is 2.66. The highest BCUT2D eigenvalue weighted by atomic mass is 32.2. The van der Waals surface area contributed by atoms with E-state index in [1.807, 2.05) is 11.0 Å². The third-order valence-electron chi connectivity index (χ3n) is 6.18. The molecule has 4 rings (SSSR count). The fourth-order valence-corrected chi connectivity index (χ4v) is 6.03. The number of halogens is 2. The van der Waals surface area contributed by atoms with E-state index >= 15 is 0 Å². The molecular weight excluding hydrogens is 476 g/mol. The number of sulfonamides is 1. The van der Waals surface area contributed by atoms with Crippen LogP contribution in [0.1, 0.15) is 26.2 Å². The van der Waals surface area contributed by atoms with E-state index in [1.54, 1.807) is 19.2 Å². The predicted molar refractivity (Wildman–Crippen MR) is 131 cm³/mol. The maximum Gasteiger partial charge on any atom is 0.243 e. The molecule has 10 heteroatoms. The molecular formula is C25H27F2N3O4S. The van der Waals surface area contributed by atoms with Gasteiger partial charge >= 0.3 is 0 Å². The Morgan fingerprint density at radius 2 is 1.89 bits per heavy atom. The number of anilines is 2. The third kappa shape index (κ3) is 5.07. The topological polar surface area (TPSA) is 79.8 Å². The number of fused-ring (bicyclic) bond motifs is 1. The van der Waals surface area contributed by atoms with Gasteiger partial charge in [-0.3, -0.25) is 9.78 Å². The monoisotopic (exact) mass is 503 g/mol. The number of piperidine rings is 1. The highest BCUT2D eigenvalue weighted by Crippen LogP contribution is 2.33. The molecule has 0 unspecified atom stereocenters. The van der Waals surface area contributed by atoms with Crippen molar-refractivity contribution in [2.45, 2.75) is 26.2 Å². The van der Waals surface area contributed by atoms with E-state index in [2.05, 4.69) is 4.98 Å². The van der Waals surface area contributed by atoms with Crippen molar-refractivity contribution in [3.8, 4) is 5.75 Å².